The van der Waals surface area contributed by atoms with Crippen LogP contribution in [0.25, 0.3) is 0 Å². The third-order valence-electron chi connectivity index (χ3n) is 4.58. The van der Waals surface area contributed by atoms with Gasteiger partial charge in [-0.15, -0.1) is 0 Å². The van der Waals surface area contributed by atoms with Crippen LogP contribution in [0.2, 0.25) is 0 Å². The summed E-state index contributed by atoms with van der Waals surface area (Å²) in [6, 6.07) is -0.569. The average molecular weight is 344 g/mol. The number of rotatable bonds is 7. The van der Waals surface area contributed by atoms with Crippen LogP contribution in [0, 0.1) is 17.8 Å². The first-order chi connectivity index (χ1) is 11.4. The zero-order valence-corrected chi connectivity index (χ0v) is 14.8. The highest BCUT2D eigenvalue weighted by Crippen LogP contribution is 2.40. The molecule has 0 spiro atoms. The van der Waals surface area contributed by atoms with Crippen molar-refractivity contribution >= 4 is 18.0 Å². The number of unbranched alkanes of at least 4 members (excludes halogenated alkanes) is 1. The lowest BCUT2D eigenvalue weighted by molar-refractivity contribution is -0.157. The van der Waals surface area contributed by atoms with Gasteiger partial charge in [0.25, 0.3) is 0 Å². The molecule has 8 heteroatoms. The topological polar surface area (TPSA) is 108 Å². The van der Waals surface area contributed by atoms with Gasteiger partial charge in [-0.05, 0) is 25.3 Å². The fourth-order valence-electron chi connectivity index (χ4n) is 3.30. The Kier molecular flexibility index (Phi) is 7.97. The third kappa shape index (κ3) is 4.37. The molecule has 4 atom stereocenters. The van der Waals surface area contributed by atoms with Crippen molar-refractivity contribution in [1.29, 1.82) is 0 Å². The van der Waals surface area contributed by atoms with Crippen LogP contribution in [0.4, 0.5) is 4.79 Å². The van der Waals surface area contributed by atoms with E-state index in [0.717, 1.165) is 12.8 Å². The number of ether oxygens (including phenoxy) is 3. The Morgan fingerprint density at radius 2 is 1.79 bits per heavy atom. The van der Waals surface area contributed by atoms with Gasteiger partial charge in [0.1, 0.15) is 0 Å². The van der Waals surface area contributed by atoms with Gasteiger partial charge in [-0.1, -0.05) is 13.3 Å². The normalized spacial score (nSPS) is 25.9. The predicted molar refractivity (Wildman–Crippen MR) is 86.0 cm³/mol. The van der Waals surface area contributed by atoms with Gasteiger partial charge in [-0.3, -0.25) is 9.59 Å². The molecule has 1 saturated carbocycles. The standard InChI is InChI=1S/C16H28N2O6/c1-5-6-7-24-16(21)18(2)13-10(9-17)8-11(14(19)22-3)12(13)15(20)23-4/h10-13H,5-9,17H2,1-4H3/t10-,11?,12+,13+/m1/s1. The quantitative estimate of drug-likeness (QED) is 0.413. The second-order valence-corrected chi connectivity index (χ2v) is 5.98. The van der Waals surface area contributed by atoms with E-state index < -0.39 is 35.9 Å². The van der Waals surface area contributed by atoms with E-state index in [4.69, 9.17) is 19.9 Å². The van der Waals surface area contributed by atoms with Gasteiger partial charge in [0, 0.05) is 7.05 Å². The lowest BCUT2D eigenvalue weighted by atomic mass is 9.92. The summed E-state index contributed by atoms with van der Waals surface area (Å²) in [5.41, 5.74) is 5.81. The first-order valence-corrected chi connectivity index (χ1v) is 8.18. The molecule has 0 heterocycles. The Morgan fingerprint density at radius 3 is 2.29 bits per heavy atom. The van der Waals surface area contributed by atoms with E-state index in [1.54, 1.807) is 7.05 Å². The molecule has 0 bridgehead atoms. The molecule has 1 amide bonds. The van der Waals surface area contributed by atoms with Gasteiger partial charge in [-0.25, -0.2) is 4.79 Å². The molecule has 0 aromatic carbocycles. The summed E-state index contributed by atoms with van der Waals surface area (Å²) in [6.07, 6.45) is 1.49. The van der Waals surface area contributed by atoms with E-state index in [1.807, 2.05) is 6.92 Å². The van der Waals surface area contributed by atoms with Crippen molar-refractivity contribution < 1.29 is 28.6 Å². The van der Waals surface area contributed by atoms with Crippen LogP contribution < -0.4 is 5.73 Å². The molecule has 1 aliphatic carbocycles. The number of hydrogen-bond acceptors (Lipinski definition) is 7. The Labute approximate surface area is 142 Å². The number of amides is 1. The highest BCUT2D eigenvalue weighted by Gasteiger charge is 2.53. The van der Waals surface area contributed by atoms with E-state index in [1.165, 1.54) is 19.1 Å². The predicted octanol–water partition coefficient (Wildman–Crippen LogP) is 0.781. The first kappa shape index (κ1) is 20.2. The molecule has 2 N–H and O–H groups in total. The van der Waals surface area contributed by atoms with E-state index in [2.05, 4.69) is 0 Å². The Morgan fingerprint density at radius 1 is 1.17 bits per heavy atom. The van der Waals surface area contributed by atoms with Crippen molar-refractivity contribution in [3.63, 3.8) is 0 Å². The number of nitrogens with zero attached hydrogens (tertiary/aromatic N) is 1. The Hall–Kier alpha value is -1.83. The van der Waals surface area contributed by atoms with Gasteiger partial charge in [-0.2, -0.15) is 0 Å². The largest absolute Gasteiger partial charge is 0.469 e. The highest BCUT2D eigenvalue weighted by atomic mass is 16.6. The minimum atomic E-state index is -0.820. The third-order valence-corrected chi connectivity index (χ3v) is 4.58. The van der Waals surface area contributed by atoms with Crippen LogP contribution in [0.5, 0.6) is 0 Å². The zero-order chi connectivity index (χ0) is 18.3. The number of carbonyl (C=O) groups is 3. The van der Waals surface area contributed by atoms with E-state index in [0.29, 0.717) is 13.0 Å². The SMILES string of the molecule is CCCCOC(=O)N(C)[C@H]1[C@@H](CN)CC(C(=O)OC)[C@@H]1C(=O)OC. The summed E-state index contributed by atoms with van der Waals surface area (Å²) >= 11 is 0. The summed E-state index contributed by atoms with van der Waals surface area (Å²) < 4.78 is 14.9. The molecule has 24 heavy (non-hydrogen) atoms. The molecule has 0 saturated heterocycles. The van der Waals surface area contributed by atoms with E-state index in [-0.39, 0.29) is 12.5 Å². The van der Waals surface area contributed by atoms with Crippen LogP contribution in [0.1, 0.15) is 26.2 Å². The summed E-state index contributed by atoms with van der Waals surface area (Å²) in [4.78, 5) is 37.9. The van der Waals surface area contributed by atoms with Gasteiger partial charge < -0.3 is 24.8 Å². The van der Waals surface area contributed by atoms with Crippen molar-refractivity contribution in [1.82, 2.24) is 4.90 Å². The number of nitrogens with two attached hydrogens (primary N) is 1. The Bertz CT molecular complexity index is 456. The van der Waals surface area contributed by atoms with E-state index >= 15 is 0 Å². The van der Waals surface area contributed by atoms with Crippen molar-refractivity contribution in [3.8, 4) is 0 Å². The summed E-state index contributed by atoms with van der Waals surface area (Å²) in [5.74, 6) is -2.78. The van der Waals surface area contributed by atoms with Crippen molar-refractivity contribution in [2.75, 3.05) is 34.4 Å². The van der Waals surface area contributed by atoms with Crippen molar-refractivity contribution in [2.45, 2.75) is 32.2 Å². The van der Waals surface area contributed by atoms with Crippen LogP contribution in [-0.4, -0.2) is 63.4 Å². The average Bonchev–Trinajstić information content (AvgIpc) is 2.99. The number of esters is 2. The summed E-state index contributed by atoms with van der Waals surface area (Å²) in [6.45, 7) is 2.54. The molecule has 1 fully saturated rings. The molecule has 0 radical (unpaired) electrons. The maximum absolute atomic E-state index is 12.3. The van der Waals surface area contributed by atoms with Crippen LogP contribution >= 0.6 is 0 Å². The highest BCUT2D eigenvalue weighted by molar-refractivity contribution is 5.84. The van der Waals surface area contributed by atoms with E-state index in [9.17, 15) is 14.4 Å². The molecule has 138 valence electrons. The maximum atomic E-state index is 12.3. The first-order valence-electron chi connectivity index (χ1n) is 8.18. The minimum Gasteiger partial charge on any atom is -0.469 e. The molecular weight excluding hydrogens is 316 g/mol. The van der Waals surface area contributed by atoms with Crippen molar-refractivity contribution in [3.05, 3.63) is 0 Å². The lowest BCUT2D eigenvalue weighted by Gasteiger charge is -2.32. The Balaban J connectivity index is 3.02. The molecule has 1 unspecified atom stereocenters. The van der Waals surface area contributed by atoms with Crippen molar-refractivity contribution in [2.24, 2.45) is 23.5 Å². The second-order valence-electron chi connectivity index (χ2n) is 5.98. The fraction of sp³-hybridized carbons (Fsp3) is 0.812. The van der Waals surface area contributed by atoms with Crippen LogP contribution in [0.15, 0.2) is 0 Å². The van der Waals surface area contributed by atoms with Crippen LogP contribution in [-0.2, 0) is 23.8 Å². The molecule has 1 rings (SSSR count). The molecular formula is C16H28N2O6. The monoisotopic (exact) mass is 344 g/mol. The lowest BCUT2D eigenvalue weighted by Crippen LogP contribution is -2.48. The molecule has 0 aromatic rings. The van der Waals surface area contributed by atoms with Gasteiger partial charge >= 0.3 is 18.0 Å². The minimum absolute atomic E-state index is 0.220. The van der Waals surface area contributed by atoms with Gasteiger partial charge in [0.05, 0.1) is 38.7 Å². The molecule has 1 aliphatic rings. The van der Waals surface area contributed by atoms with Gasteiger partial charge in [0.2, 0.25) is 0 Å². The molecule has 8 nitrogen and oxygen atoms in total. The summed E-state index contributed by atoms with van der Waals surface area (Å²) in [5, 5.41) is 0. The summed E-state index contributed by atoms with van der Waals surface area (Å²) in [7, 11) is 4.07. The smallest absolute Gasteiger partial charge is 0.409 e. The van der Waals surface area contributed by atoms with Crippen LogP contribution in [0.3, 0.4) is 0 Å². The number of hydrogen-bond donors (Lipinski definition) is 1. The number of carbonyl (C=O) groups excluding carboxylic acids is 3. The maximum Gasteiger partial charge on any atom is 0.409 e. The molecule has 0 aliphatic heterocycles. The second kappa shape index (κ2) is 9.46. The fourth-order valence-corrected chi connectivity index (χ4v) is 3.30. The number of methoxy groups -OCH3 is 2. The van der Waals surface area contributed by atoms with Gasteiger partial charge in [0.15, 0.2) is 0 Å². The zero-order valence-electron chi connectivity index (χ0n) is 14.8. The molecule has 0 aromatic heterocycles.